The van der Waals surface area contributed by atoms with Gasteiger partial charge in [0.15, 0.2) is 0 Å². The van der Waals surface area contributed by atoms with Gasteiger partial charge in [-0.3, -0.25) is 4.98 Å². The molecule has 0 bridgehead atoms. The van der Waals surface area contributed by atoms with Gasteiger partial charge in [-0.1, -0.05) is 15.9 Å². The summed E-state index contributed by atoms with van der Waals surface area (Å²) in [6, 6.07) is 1.50. The predicted molar refractivity (Wildman–Crippen MR) is 53.5 cm³/mol. The average molecular weight is 291 g/mol. The van der Waals surface area contributed by atoms with E-state index in [-0.39, 0.29) is 11.0 Å². The standard InChI is InChI=1S/C9H5BrF2N2O2/c10-1-5-7(9(15)16)6(8(11)12)4(2-13)3-14-5/h3,8H,1H2,(H,15,16). The lowest BCUT2D eigenvalue weighted by molar-refractivity contribution is 0.0682. The highest BCUT2D eigenvalue weighted by molar-refractivity contribution is 9.08. The molecule has 0 aliphatic carbocycles. The van der Waals surface area contributed by atoms with Crippen LogP contribution in [0.5, 0.6) is 0 Å². The Morgan fingerprint density at radius 2 is 2.31 bits per heavy atom. The maximum atomic E-state index is 12.7. The monoisotopic (exact) mass is 290 g/mol. The molecule has 0 saturated carbocycles. The van der Waals surface area contributed by atoms with Crippen molar-refractivity contribution in [1.29, 1.82) is 5.26 Å². The van der Waals surface area contributed by atoms with E-state index >= 15 is 0 Å². The molecule has 0 radical (unpaired) electrons. The summed E-state index contributed by atoms with van der Waals surface area (Å²) in [5.74, 6) is -1.52. The van der Waals surface area contributed by atoms with Gasteiger partial charge in [-0.05, 0) is 0 Å². The summed E-state index contributed by atoms with van der Waals surface area (Å²) in [7, 11) is 0. The first-order valence-electron chi connectivity index (χ1n) is 4.02. The van der Waals surface area contributed by atoms with E-state index in [1.807, 2.05) is 0 Å². The highest BCUT2D eigenvalue weighted by Crippen LogP contribution is 2.28. The van der Waals surface area contributed by atoms with Crippen LogP contribution in [0.2, 0.25) is 0 Å². The molecule has 1 aromatic rings. The van der Waals surface area contributed by atoms with Crippen LogP contribution in [0.25, 0.3) is 0 Å². The Balaban J connectivity index is 3.61. The SMILES string of the molecule is N#Cc1cnc(CBr)c(C(=O)O)c1C(F)F. The molecule has 7 heteroatoms. The van der Waals surface area contributed by atoms with Gasteiger partial charge in [-0.2, -0.15) is 5.26 Å². The molecule has 4 nitrogen and oxygen atoms in total. The lowest BCUT2D eigenvalue weighted by Crippen LogP contribution is -2.11. The number of hydrogen-bond acceptors (Lipinski definition) is 3. The van der Waals surface area contributed by atoms with Crippen molar-refractivity contribution in [3.8, 4) is 6.07 Å². The zero-order chi connectivity index (χ0) is 12.3. The van der Waals surface area contributed by atoms with Crippen LogP contribution in [0.1, 0.15) is 33.6 Å². The fourth-order valence-electron chi connectivity index (χ4n) is 1.22. The van der Waals surface area contributed by atoms with Gasteiger partial charge in [-0.25, -0.2) is 13.6 Å². The van der Waals surface area contributed by atoms with Crippen LogP contribution < -0.4 is 0 Å². The van der Waals surface area contributed by atoms with Crippen molar-refractivity contribution in [2.75, 3.05) is 0 Å². The Bertz CT molecular complexity index is 471. The fourth-order valence-corrected chi connectivity index (χ4v) is 1.65. The second kappa shape index (κ2) is 4.99. The number of nitriles is 1. The molecule has 16 heavy (non-hydrogen) atoms. The summed E-state index contributed by atoms with van der Waals surface area (Å²) in [4.78, 5) is 14.5. The smallest absolute Gasteiger partial charge is 0.338 e. The van der Waals surface area contributed by atoms with Gasteiger partial charge in [0.2, 0.25) is 0 Å². The lowest BCUT2D eigenvalue weighted by Gasteiger charge is -2.09. The molecule has 1 aromatic heterocycles. The number of rotatable bonds is 3. The third-order valence-corrected chi connectivity index (χ3v) is 2.41. The highest BCUT2D eigenvalue weighted by atomic mass is 79.9. The molecule has 0 saturated heterocycles. The molecule has 0 unspecified atom stereocenters. The minimum atomic E-state index is -3.03. The predicted octanol–water partition coefficient (Wildman–Crippen LogP) is 2.48. The second-order valence-corrected chi connectivity index (χ2v) is 3.32. The van der Waals surface area contributed by atoms with Gasteiger partial charge >= 0.3 is 5.97 Å². The van der Waals surface area contributed by atoms with Crippen LogP contribution in [-0.2, 0) is 5.33 Å². The van der Waals surface area contributed by atoms with E-state index in [0.29, 0.717) is 0 Å². The van der Waals surface area contributed by atoms with Crippen molar-refractivity contribution in [3.05, 3.63) is 28.6 Å². The van der Waals surface area contributed by atoms with Gasteiger partial charge in [0.1, 0.15) is 6.07 Å². The minimum absolute atomic E-state index is 0.0261. The number of aromatic carboxylic acids is 1. The number of pyridine rings is 1. The summed E-state index contributed by atoms with van der Waals surface area (Å²) >= 11 is 2.95. The third-order valence-electron chi connectivity index (χ3n) is 1.88. The molecule has 0 amide bonds. The molecule has 1 N–H and O–H groups in total. The van der Waals surface area contributed by atoms with Gasteiger partial charge < -0.3 is 5.11 Å². The van der Waals surface area contributed by atoms with Crippen molar-refractivity contribution in [2.45, 2.75) is 11.8 Å². The first-order valence-corrected chi connectivity index (χ1v) is 5.14. The van der Waals surface area contributed by atoms with E-state index in [0.717, 1.165) is 6.20 Å². The number of halogens is 3. The molecular formula is C9H5BrF2N2O2. The average Bonchev–Trinajstić information content (AvgIpc) is 2.26. The fraction of sp³-hybridized carbons (Fsp3) is 0.222. The first kappa shape index (κ1) is 12.5. The first-order chi connectivity index (χ1) is 7.52. The van der Waals surface area contributed by atoms with E-state index < -0.39 is 29.1 Å². The molecule has 0 aliphatic rings. The van der Waals surface area contributed by atoms with E-state index in [4.69, 9.17) is 10.4 Å². The molecule has 0 aromatic carbocycles. The van der Waals surface area contributed by atoms with Crippen LogP contribution in [0.4, 0.5) is 8.78 Å². The zero-order valence-electron chi connectivity index (χ0n) is 7.75. The minimum Gasteiger partial charge on any atom is -0.478 e. The van der Waals surface area contributed by atoms with Gasteiger partial charge in [0, 0.05) is 11.5 Å². The molecule has 0 aliphatic heterocycles. The van der Waals surface area contributed by atoms with Crippen LogP contribution in [0.15, 0.2) is 6.20 Å². The van der Waals surface area contributed by atoms with Gasteiger partial charge in [-0.15, -0.1) is 0 Å². The topological polar surface area (TPSA) is 74.0 Å². The van der Waals surface area contributed by atoms with Gasteiger partial charge in [0.25, 0.3) is 6.43 Å². The van der Waals surface area contributed by atoms with E-state index in [1.165, 1.54) is 6.07 Å². The number of nitrogens with zero attached hydrogens (tertiary/aromatic N) is 2. The Kier molecular flexibility index (Phi) is 3.90. The van der Waals surface area contributed by atoms with Crippen LogP contribution in [-0.4, -0.2) is 16.1 Å². The summed E-state index contributed by atoms with van der Waals surface area (Å²) in [6.07, 6.45) is -2.08. The Morgan fingerprint density at radius 3 is 2.69 bits per heavy atom. The highest BCUT2D eigenvalue weighted by Gasteiger charge is 2.25. The van der Waals surface area contributed by atoms with Crippen molar-refractivity contribution in [2.24, 2.45) is 0 Å². The molecule has 0 fully saturated rings. The van der Waals surface area contributed by atoms with Crippen molar-refractivity contribution in [3.63, 3.8) is 0 Å². The molecule has 84 valence electrons. The van der Waals surface area contributed by atoms with E-state index in [1.54, 1.807) is 0 Å². The quantitative estimate of drug-likeness (QED) is 0.868. The Labute approximate surface area is 97.7 Å². The number of hydrogen-bond donors (Lipinski definition) is 1. The van der Waals surface area contributed by atoms with Crippen molar-refractivity contribution < 1.29 is 18.7 Å². The zero-order valence-corrected chi connectivity index (χ0v) is 9.33. The largest absolute Gasteiger partial charge is 0.478 e. The van der Waals surface area contributed by atoms with Crippen LogP contribution in [0.3, 0.4) is 0 Å². The molecular weight excluding hydrogens is 286 g/mol. The summed E-state index contributed by atoms with van der Waals surface area (Å²) in [5, 5.41) is 17.5. The lowest BCUT2D eigenvalue weighted by atomic mass is 10.0. The number of carboxylic acids is 1. The maximum absolute atomic E-state index is 12.7. The molecule has 1 rings (SSSR count). The Morgan fingerprint density at radius 1 is 1.69 bits per heavy atom. The maximum Gasteiger partial charge on any atom is 0.338 e. The number of alkyl halides is 3. The second-order valence-electron chi connectivity index (χ2n) is 2.76. The number of carbonyl (C=O) groups is 1. The van der Waals surface area contributed by atoms with Crippen LogP contribution in [0, 0.1) is 11.3 Å². The normalized spacial score (nSPS) is 10.2. The van der Waals surface area contributed by atoms with E-state index in [2.05, 4.69) is 20.9 Å². The van der Waals surface area contributed by atoms with Gasteiger partial charge in [0.05, 0.1) is 22.4 Å². The van der Waals surface area contributed by atoms with Crippen molar-refractivity contribution in [1.82, 2.24) is 4.98 Å². The summed E-state index contributed by atoms with van der Waals surface area (Å²) < 4.78 is 25.4. The van der Waals surface area contributed by atoms with E-state index in [9.17, 15) is 13.6 Å². The third kappa shape index (κ3) is 2.17. The molecule has 0 atom stereocenters. The van der Waals surface area contributed by atoms with Crippen molar-refractivity contribution >= 4 is 21.9 Å². The summed E-state index contributed by atoms with van der Waals surface area (Å²) in [6.45, 7) is 0. The number of carboxylic acid groups (broad SMARTS) is 1. The van der Waals surface area contributed by atoms with Crippen LogP contribution >= 0.6 is 15.9 Å². The molecule has 0 spiro atoms. The summed E-state index contributed by atoms with van der Waals surface area (Å²) in [5.41, 5.74) is -1.83. The molecule has 1 heterocycles. The Hall–Kier alpha value is -1.55. The number of aromatic nitrogens is 1.